The summed E-state index contributed by atoms with van der Waals surface area (Å²) in [4.78, 5) is 3.34. The lowest BCUT2D eigenvalue weighted by Crippen LogP contribution is -2.00. The molecule has 6 heteroatoms. The van der Waals surface area contributed by atoms with Gasteiger partial charge in [0.05, 0.1) is 9.78 Å². The molecule has 18 heavy (non-hydrogen) atoms. The first-order valence-electron chi connectivity index (χ1n) is 5.74. The summed E-state index contributed by atoms with van der Waals surface area (Å²) in [6.07, 6.45) is 3.22. The quantitative estimate of drug-likeness (QED) is 0.843. The SMILES string of the molecule is Cc1ccc(-c2nnc(C3=CCC(C)S3)nn2)s1. The first-order chi connectivity index (χ1) is 8.72. The third kappa shape index (κ3) is 2.30. The van der Waals surface area contributed by atoms with Crippen LogP contribution in [0.1, 0.15) is 24.0 Å². The second kappa shape index (κ2) is 4.78. The van der Waals surface area contributed by atoms with Crippen LogP contribution >= 0.6 is 23.1 Å². The summed E-state index contributed by atoms with van der Waals surface area (Å²) in [6, 6.07) is 4.05. The van der Waals surface area contributed by atoms with E-state index in [1.54, 1.807) is 23.1 Å². The van der Waals surface area contributed by atoms with Crippen LogP contribution in [0.2, 0.25) is 0 Å². The van der Waals surface area contributed by atoms with Crippen molar-refractivity contribution in [3.8, 4) is 10.7 Å². The molecule has 0 aliphatic carbocycles. The van der Waals surface area contributed by atoms with E-state index in [2.05, 4.69) is 40.3 Å². The molecule has 0 saturated carbocycles. The van der Waals surface area contributed by atoms with Crippen molar-refractivity contribution in [1.82, 2.24) is 20.4 Å². The standard InChI is InChI=1S/C12H12N4S2/c1-7-3-5-9(17-7)11-13-15-12(16-14-11)10-6-4-8(2)18-10/h3,5-6,8H,4H2,1-2H3. The molecule has 0 fully saturated rings. The normalized spacial score (nSPS) is 19.0. The maximum absolute atomic E-state index is 4.17. The Labute approximate surface area is 114 Å². The molecule has 0 radical (unpaired) electrons. The van der Waals surface area contributed by atoms with E-state index >= 15 is 0 Å². The van der Waals surface area contributed by atoms with Gasteiger partial charge in [-0.3, -0.25) is 0 Å². The molecule has 1 aliphatic heterocycles. The molecule has 3 rings (SSSR count). The molecule has 1 atom stereocenters. The van der Waals surface area contributed by atoms with E-state index in [-0.39, 0.29) is 0 Å². The lowest BCUT2D eigenvalue weighted by atomic mass is 10.3. The molecule has 0 bridgehead atoms. The minimum absolute atomic E-state index is 0.600. The Balaban J connectivity index is 1.85. The van der Waals surface area contributed by atoms with Crippen LogP contribution in [0.5, 0.6) is 0 Å². The number of nitrogens with zero attached hydrogens (tertiary/aromatic N) is 4. The van der Waals surface area contributed by atoms with Gasteiger partial charge >= 0.3 is 0 Å². The van der Waals surface area contributed by atoms with E-state index in [4.69, 9.17) is 0 Å². The highest BCUT2D eigenvalue weighted by Crippen LogP contribution is 2.37. The average Bonchev–Trinajstić information content (AvgIpc) is 2.98. The van der Waals surface area contributed by atoms with Gasteiger partial charge < -0.3 is 0 Å². The molecule has 0 amide bonds. The Bertz CT molecular complexity index is 588. The van der Waals surface area contributed by atoms with Crippen molar-refractivity contribution in [2.24, 2.45) is 0 Å². The Hall–Kier alpha value is -1.27. The topological polar surface area (TPSA) is 51.6 Å². The zero-order valence-corrected chi connectivity index (χ0v) is 11.8. The van der Waals surface area contributed by atoms with Gasteiger partial charge in [0, 0.05) is 10.1 Å². The molecule has 4 nitrogen and oxygen atoms in total. The maximum atomic E-state index is 4.17. The highest BCUT2D eigenvalue weighted by molar-refractivity contribution is 8.09. The van der Waals surface area contributed by atoms with Crippen molar-refractivity contribution >= 4 is 28.0 Å². The first-order valence-corrected chi connectivity index (χ1v) is 7.43. The predicted octanol–water partition coefficient (Wildman–Crippen LogP) is 3.17. The number of allylic oxidation sites excluding steroid dienone is 1. The minimum Gasteiger partial charge on any atom is -0.137 e. The van der Waals surface area contributed by atoms with E-state index < -0.39 is 0 Å². The lowest BCUT2D eigenvalue weighted by Gasteiger charge is -2.01. The summed E-state index contributed by atoms with van der Waals surface area (Å²) in [7, 11) is 0. The van der Waals surface area contributed by atoms with Crippen LogP contribution in [0.15, 0.2) is 18.2 Å². The van der Waals surface area contributed by atoms with E-state index in [0.29, 0.717) is 16.9 Å². The monoisotopic (exact) mass is 276 g/mol. The molecule has 0 saturated heterocycles. The summed E-state index contributed by atoms with van der Waals surface area (Å²) in [5.74, 6) is 1.25. The van der Waals surface area contributed by atoms with Crippen LogP contribution in [-0.4, -0.2) is 25.6 Å². The summed E-state index contributed by atoms with van der Waals surface area (Å²) in [6.45, 7) is 4.25. The van der Waals surface area contributed by atoms with Gasteiger partial charge in [-0.1, -0.05) is 13.0 Å². The third-order valence-electron chi connectivity index (χ3n) is 2.62. The van der Waals surface area contributed by atoms with Gasteiger partial charge in [0.15, 0.2) is 0 Å². The second-order valence-electron chi connectivity index (χ2n) is 4.19. The second-order valence-corrected chi connectivity index (χ2v) is 6.96. The Morgan fingerprint density at radius 2 is 1.83 bits per heavy atom. The largest absolute Gasteiger partial charge is 0.213 e. The highest BCUT2D eigenvalue weighted by atomic mass is 32.2. The highest BCUT2D eigenvalue weighted by Gasteiger charge is 2.18. The molecule has 2 aromatic rings. The fourth-order valence-electron chi connectivity index (χ4n) is 1.71. The van der Waals surface area contributed by atoms with E-state index in [9.17, 15) is 0 Å². The van der Waals surface area contributed by atoms with E-state index in [1.165, 1.54) is 4.88 Å². The maximum Gasteiger partial charge on any atom is 0.213 e. The molecule has 1 unspecified atom stereocenters. The van der Waals surface area contributed by atoms with E-state index in [1.807, 2.05) is 12.1 Å². The van der Waals surface area contributed by atoms with Gasteiger partial charge in [-0.15, -0.1) is 43.5 Å². The van der Waals surface area contributed by atoms with Crippen molar-refractivity contribution in [3.05, 3.63) is 28.9 Å². The van der Waals surface area contributed by atoms with Crippen molar-refractivity contribution in [3.63, 3.8) is 0 Å². The number of thiophene rings is 1. The van der Waals surface area contributed by atoms with Crippen molar-refractivity contribution in [2.75, 3.05) is 0 Å². The Morgan fingerprint density at radius 3 is 2.39 bits per heavy atom. The van der Waals surface area contributed by atoms with Gasteiger partial charge in [0.2, 0.25) is 11.6 Å². The van der Waals surface area contributed by atoms with Crippen molar-refractivity contribution in [2.45, 2.75) is 25.5 Å². The average molecular weight is 276 g/mol. The van der Waals surface area contributed by atoms with Crippen LogP contribution in [0.3, 0.4) is 0 Å². The number of hydrogen-bond donors (Lipinski definition) is 0. The zero-order valence-electron chi connectivity index (χ0n) is 10.1. The number of hydrogen-bond acceptors (Lipinski definition) is 6. The lowest BCUT2D eigenvalue weighted by molar-refractivity contribution is 0.851. The predicted molar refractivity (Wildman–Crippen MR) is 75.3 cm³/mol. The molecular formula is C12H12N4S2. The van der Waals surface area contributed by atoms with Crippen molar-refractivity contribution < 1.29 is 0 Å². The van der Waals surface area contributed by atoms with Crippen LogP contribution in [0.25, 0.3) is 15.6 Å². The third-order valence-corrected chi connectivity index (χ3v) is 4.82. The zero-order chi connectivity index (χ0) is 12.5. The number of thioether (sulfide) groups is 1. The minimum atomic E-state index is 0.600. The van der Waals surface area contributed by atoms with Gasteiger partial charge in [0.25, 0.3) is 0 Å². The number of aryl methyl sites for hydroxylation is 1. The molecular weight excluding hydrogens is 264 g/mol. The van der Waals surface area contributed by atoms with Crippen LogP contribution < -0.4 is 0 Å². The Morgan fingerprint density at radius 1 is 1.11 bits per heavy atom. The molecule has 1 aliphatic rings. The molecule has 2 aromatic heterocycles. The van der Waals surface area contributed by atoms with Gasteiger partial charge in [0.1, 0.15) is 0 Å². The fraction of sp³-hybridized carbons (Fsp3) is 0.333. The summed E-state index contributed by atoms with van der Waals surface area (Å²) < 4.78 is 0. The molecule has 92 valence electrons. The first kappa shape index (κ1) is 11.8. The molecule has 3 heterocycles. The Kier molecular flexibility index (Phi) is 3.13. The van der Waals surface area contributed by atoms with Crippen LogP contribution in [0, 0.1) is 6.92 Å². The summed E-state index contributed by atoms with van der Waals surface area (Å²) in [5.41, 5.74) is 0. The number of aromatic nitrogens is 4. The fourth-order valence-corrected chi connectivity index (χ4v) is 3.51. The molecule has 0 aromatic carbocycles. The molecule has 0 N–H and O–H groups in total. The van der Waals surface area contributed by atoms with Crippen LogP contribution in [0.4, 0.5) is 0 Å². The summed E-state index contributed by atoms with van der Waals surface area (Å²) >= 11 is 3.44. The van der Waals surface area contributed by atoms with Crippen molar-refractivity contribution in [1.29, 1.82) is 0 Å². The van der Waals surface area contributed by atoms with Gasteiger partial charge in [-0.2, -0.15) is 0 Å². The summed E-state index contributed by atoms with van der Waals surface area (Å²) in [5, 5.41) is 17.3. The number of rotatable bonds is 2. The smallest absolute Gasteiger partial charge is 0.137 e. The van der Waals surface area contributed by atoms with E-state index in [0.717, 1.165) is 16.2 Å². The van der Waals surface area contributed by atoms with Gasteiger partial charge in [-0.05, 0) is 25.5 Å². The molecule has 0 spiro atoms. The van der Waals surface area contributed by atoms with Gasteiger partial charge in [-0.25, -0.2) is 0 Å². The van der Waals surface area contributed by atoms with Crippen LogP contribution in [-0.2, 0) is 0 Å².